The minimum absolute atomic E-state index is 0.666. The van der Waals surface area contributed by atoms with Crippen LogP contribution in [-0.2, 0) is 11.3 Å². The lowest BCUT2D eigenvalue weighted by Gasteiger charge is -2.32. The zero-order valence-electron chi connectivity index (χ0n) is 11.4. The van der Waals surface area contributed by atoms with E-state index in [2.05, 4.69) is 22.2 Å². The molecule has 1 amide bonds. The fraction of sp³-hybridized carbons (Fsp3) is 0.500. The summed E-state index contributed by atoms with van der Waals surface area (Å²) in [6, 6.07) is 3.78. The number of nitrogens with zero attached hydrogens (tertiary/aromatic N) is 2. The Labute approximate surface area is 119 Å². The topological polar surface area (TPSA) is 35.6 Å². The Hall–Kier alpha value is -1.10. The molecule has 0 saturated carbocycles. The molecule has 1 aliphatic heterocycles. The third kappa shape index (κ3) is 3.69. The second-order valence-corrected chi connectivity index (χ2v) is 5.52. The number of hydrogen-bond acceptors (Lipinski definition) is 3. The first-order chi connectivity index (χ1) is 9.10. The number of hydrogen-bond donors (Lipinski definition) is 1. The van der Waals surface area contributed by atoms with E-state index in [-0.39, 0.29) is 0 Å². The number of rotatable bonds is 4. The summed E-state index contributed by atoms with van der Waals surface area (Å²) in [5.74, 6) is 0. The van der Waals surface area contributed by atoms with Crippen molar-refractivity contribution in [3.05, 3.63) is 28.3 Å². The Morgan fingerprint density at radius 3 is 2.63 bits per heavy atom. The Morgan fingerprint density at radius 1 is 1.32 bits per heavy atom. The number of amides is 1. The lowest BCUT2D eigenvalue weighted by molar-refractivity contribution is -0.105. The molecular formula is C14H20ClN3O. The molecule has 1 N–H and O–H groups in total. The van der Waals surface area contributed by atoms with Gasteiger partial charge in [0.1, 0.15) is 0 Å². The number of benzene rings is 1. The Bertz CT molecular complexity index is 456. The van der Waals surface area contributed by atoms with Crippen LogP contribution in [0.15, 0.2) is 12.1 Å². The maximum absolute atomic E-state index is 10.6. The van der Waals surface area contributed by atoms with E-state index >= 15 is 0 Å². The zero-order chi connectivity index (χ0) is 13.8. The fourth-order valence-electron chi connectivity index (χ4n) is 2.36. The molecule has 0 atom stereocenters. The normalized spacial score (nSPS) is 17.4. The number of halogens is 1. The molecule has 4 nitrogen and oxygen atoms in total. The zero-order valence-corrected chi connectivity index (χ0v) is 12.2. The smallest absolute Gasteiger partial charge is 0.211 e. The van der Waals surface area contributed by atoms with Crippen LogP contribution in [0.25, 0.3) is 0 Å². The van der Waals surface area contributed by atoms with E-state index in [0.29, 0.717) is 11.4 Å². The van der Waals surface area contributed by atoms with E-state index in [1.165, 1.54) is 5.56 Å². The molecular weight excluding hydrogens is 262 g/mol. The molecule has 1 fully saturated rings. The van der Waals surface area contributed by atoms with E-state index in [0.717, 1.165) is 44.0 Å². The Kier molecular flexibility index (Phi) is 4.80. The van der Waals surface area contributed by atoms with Gasteiger partial charge in [-0.2, -0.15) is 0 Å². The van der Waals surface area contributed by atoms with Gasteiger partial charge in [0.2, 0.25) is 6.41 Å². The summed E-state index contributed by atoms with van der Waals surface area (Å²) in [6.07, 6.45) is 0.693. The molecule has 0 aliphatic carbocycles. The molecule has 5 heteroatoms. The minimum Gasteiger partial charge on any atom is -0.328 e. The molecule has 0 spiro atoms. The van der Waals surface area contributed by atoms with Crippen LogP contribution in [0, 0.1) is 6.92 Å². The van der Waals surface area contributed by atoms with Crippen LogP contribution in [0.1, 0.15) is 11.1 Å². The number of nitrogens with one attached hydrogen (secondary N) is 1. The molecule has 0 aromatic heterocycles. The first-order valence-corrected chi connectivity index (χ1v) is 6.88. The standard InChI is InChI=1S/C14H20ClN3O/c1-11-12(7-13(15)8-14(11)16-10-19)9-18-5-3-17(2)4-6-18/h7-8,10H,3-6,9H2,1-2H3,(H,16,19). The molecule has 1 aromatic rings. The molecule has 1 aromatic carbocycles. The molecule has 1 aliphatic rings. The van der Waals surface area contributed by atoms with Crippen LogP contribution in [0.4, 0.5) is 5.69 Å². The van der Waals surface area contributed by atoms with Crippen molar-refractivity contribution in [1.29, 1.82) is 0 Å². The van der Waals surface area contributed by atoms with Gasteiger partial charge < -0.3 is 10.2 Å². The van der Waals surface area contributed by atoms with Gasteiger partial charge in [-0.25, -0.2) is 0 Å². The van der Waals surface area contributed by atoms with Crippen LogP contribution in [0.2, 0.25) is 5.02 Å². The van der Waals surface area contributed by atoms with Gasteiger partial charge in [-0.3, -0.25) is 9.69 Å². The largest absolute Gasteiger partial charge is 0.328 e. The van der Waals surface area contributed by atoms with Crippen molar-refractivity contribution in [2.75, 3.05) is 38.5 Å². The van der Waals surface area contributed by atoms with E-state index in [1.54, 1.807) is 6.07 Å². The van der Waals surface area contributed by atoms with Crippen molar-refractivity contribution in [3.63, 3.8) is 0 Å². The van der Waals surface area contributed by atoms with E-state index < -0.39 is 0 Å². The second kappa shape index (κ2) is 6.37. The predicted molar refractivity (Wildman–Crippen MR) is 78.6 cm³/mol. The quantitative estimate of drug-likeness (QED) is 0.857. The van der Waals surface area contributed by atoms with Crippen molar-refractivity contribution in [2.24, 2.45) is 0 Å². The van der Waals surface area contributed by atoms with Crippen LogP contribution in [-0.4, -0.2) is 49.4 Å². The van der Waals surface area contributed by atoms with E-state index in [9.17, 15) is 4.79 Å². The van der Waals surface area contributed by atoms with Crippen LogP contribution in [0.5, 0.6) is 0 Å². The first-order valence-electron chi connectivity index (χ1n) is 6.50. The first kappa shape index (κ1) is 14.3. The average molecular weight is 282 g/mol. The maximum atomic E-state index is 10.6. The van der Waals surface area contributed by atoms with Gasteiger partial charge in [-0.1, -0.05) is 11.6 Å². The monoisotopic (exact) mass is 281 g/mol. The van der Waals surface area contributed by atoms with Crippen molar-refractivity contribution in [2.45, 2.75) is 13.5 Å². The van der Waals surface area contributed by atoms with Gasteiger partial charge in [-0.05, 0) is 37.2 Å². The molecule has 1 saturated heterocycles. The van der Waals surface area contributed by atoms with Gasteiger partial charge in [-0.15, -0.1) is 0 Å². The Balaban J connectivity index is 2.13. The van der Waals surface area contributed by atoms with Gasteiger partial charge in [0.25, 0.3) is 0 Å². The number of likely N-dealkylation sites (N-methyl/N-ethyl adjacent to an activating group) is 1. The minimum atomic E-state index is 0.666. The number of anilines is 1. The lowest BCUT2D eigenvalue weighted by Crippen LogP contribution is -2.43. The number of piperazine rings is 1. The molecule has 2 rings (SSSR count). The highest BCUT2D eigenvalue weighted by atomic mass is 35.5. The SMILES string of the molecule is Cc1c(CN2CCN(C)CC2)cc(Cl)cc1NC=O. The van der Waals surface area contributed by atoms with Gasteiger partial charge in [0.05, 0.1) is 0 Å². The third-order valence-corrected chi connectivity index (χ3v) is 3.90. The summed E-state index contributed by atoms with van der Waals surface area (Å²) >= 11 is 6.12. The maximum Gasteiger partial charge on any atom is 0.211 e. The third-order valence-electron chi connectivity index (χ3n) is 3.68. The second-order valence-electron chi connectivity index (χ2n) is 5.08. The molecule has 0 radical (unpaired) electrons. The van der Waals surface area contributed by atoms with Crippen molar-refractivity contribution < 1.29 is 4.79 Å². The summed E-state index contributed by atoms with van der Waals surface area (Å²) in [7, 11) is 2.15. The van der Waals surface area contributed by atoms with Crippen molar-refractivity contribution in [3.8, 4) is 0 Å². The molecule has 19 heavy (non-hydrogen) atoms. The van der Waals surface area contributed by atoms with Crippen LogP contribution >= 0.6 is 11.6 Å². The fourth-order valence-corrected chi connectivity index (χ4v) is 2.60. The van der Waals surface area contributed by atoms with Crippen LogP contribution in [0.3, 0.4) is 0 Å². The summed E-state index contributed by atoms with van der Waals surface area (Å²) < 4.78 is 0. The molecule has 0 bridgehead atoms. The summed E-state index contributed by atoms with van der Waals surface area (Å²) in [4.78, 5) is 15.4. The summed E-state index contributed by atoms with van der Waals surface area (Å²) in [6.45, 7) is 7.23. The number of carbonyl (C=O) groups excluding carboxylic acids is 1. The van der Waals surface area contributed by atoms with Gasteiger partial charge >= 0.3 is 0 Å². The van der Waals surface area contributed by atoms with E-state index in [1.807, 2.05) is 13.0 Å². The van der Waals surface area contributed by atoms with Crippen molar-refractivity contribution in [1.82, 2.24) is 9.80 Å². The average Bonchev–Trinajstić information content (AvgIpc) is 2.38. The molecule has 1 heterocycles. The molecule has 104 valence electrons. The highest BCUT2D eigenvalue weighted by Gasteiger charge is 2.16. The summed E-state index contributed by atoms with van der Waals surface area (Å²) in [5.41, 5.74) is 3.07. The van der Waals surface area contributed by atoms with Crippen LogP contribution < -0.4 is 5.32 Å². The molecule has 0 unspecified atom stereocenters. The Morgan fingerprint density at radius 2 is 2.00 bits per heavy atom. The number of carbonyl (C=O) groups is 1. The van der Waals surface area contributed by atoms with Gasteiger partial charge in [0.15, 0.2) is 0 Å². The highest BCUT2D eigenvalue weighted by Crippen LogP contribution is 2.25. The highest BCUT2D eigenvalue weighted by molar-refractivity contribution is 6.31. The van der Waals surface area contributed by atoms with Crippen molar-refractivity contribution >= 4 is 23.7 Å². The van der Waals surface area contributed by atoms with Gasteiger partial charge in [0, 0.05) is 43.4 Å². The predicted octanol–water partition coefficient (Wildman–Crippen LogP) is 1.96. The lowest BCUT2D eigenvalue weighted by atomic mass is 10.1. The summed E-state index contributed by atoms with van der Waals surface area (Å²) in [5, 5.41) is 3.38. The van der Waals surface area contributed by atoms with E-state index in [4.69, 9.17) is 11.6 Å².